The van der Waals surface area contributed by atoms with Gasteiger partial charge in [-0.3, -0.25) is 4.79 Å². The number of benzene rings is 3. The van der Waals surface area contributed by atoms with E-state index in [4.69, 9.17) is 19.0 Å². The number of amides is 1. The summed E-state index contributed by atoms with van der Waals surface area (Å²) < 4.78 is 18.2. The summed E-state index contributed by atoms with van der Waals surface area (Å²) in [5.41, 5.74) is 3.27. The lowest BCUT2D eigenvalue weighted by Crippen LogP contribution is -2.16. The van der Waals surface area contributed by atoms with Crippen molar-refractivity contribution in [2.24, 2.45) is 0 Å². The number of carbonyl (C=O) groups excluding carboxylic acids is 1. The molecule has 0 fully saturated rings. The first-order chi connectivity index (χ1) is 17.7. The Hall–Kier alpha value is -4.57. The average molecular weight is 498 g/mol. The Labute approximate surface area is 210 Å². The second kappa shape index (κ2) is 9.59. The quantitative estimate of drug-likeness (QED) is 0.312. The Balaban J connectivity index is 1.16. The normalized spacial score (nSPS) is 12.0. The molecular formula is C26H19N5O4S. The third-order valence-corrected chi connectivity index (χ3v) is 6.22. The molecule has 36 heavy (non-hydrogen) atoms. The standard InChI is InChI=1S/C26H19N5O4S/c32-24(15-36-26-29-28-25(35-26)18-11-12-21-22(13-18)34-16-33-21)27-23-14-20(17-7-3-1-4-8-17)30-31(23)19-9-5-2-6-10-19/h1-14H,15-16H2,(H,27,32). The van der Waals surface area contributed by atoms with Gasteiger partial charge in [0, 0.05) is 17.2 Å². The number of carbonyl (C=O) groups is 1. The highest BCUT2D eigenvalue weighted by Gasteiger charge is 2.18. The van der Waals surface area contributed by atoms with Gasteiger partial charge in [-0.15, -0.1) is 10.2 Å². The molecule has 10 heteroatoms. The Morgan fingerprint density at radius 3 is 2.50 bits per heavy atom. The van der Waals surface area contributed by atoms with Crippen LogP contribution in [0.5, 0.6) is 11.5 Å². The van der Waals surface area contributed by atoms with Crippen LogP contribution in [0.15, 0.2) is 94.6 Å². The Bertz CT molecular complexity index is 1520. The van der Waals surface area contributed by atoms with E-state index in [1.165, 1.54) is 0 Å². The van der Waals surface area contributed by atoms with Crippen LogP contribution in [0.25, 0.3) is 28.4 Å². The van der Waals surface area contributed by atoms with Crippen LogP contribution < -0.4 is 14.8 Å². The molecular weight excluding hydrogens is 478 g/mol. The van der Waals surface area contributed by atoms with Crippen LogP contribution in [-0.4, -0.2) is 38.4 Å². The SMILES string of the molecule is O=C(CSc1nnc(-c2ccc3c(c2)OCO3)o1)Nc1cc(-c2ccccc2)nn1-c1ccccc1. The molecule has 0 saturated carbocycles. The van der Waals surface area contributed by atoms with Gasteiger partial charge >= 0.3 is 0 Å². The number of hydrogen-bond acceptors (Lipinski definition) is 8. The van der Waals surface area contributed by atoms with E-state index in [1.54, 1.807) is 16.8 Å². The van der Waals surface area contributed by atoms with Crippen LogP contribution in [0, 0.1) is 0 Å². The van der Waals surface area contributed by atoms with Crippen molar-refractivity contribution in [3.8, 4) is 39.9 Å². The number of thioether (sulfide) groups is 1. The minimum atomic E-state index is -0.223. The fourth-order valence-corrected chi connectivity index (χ4v) is 4.27. The number of rotatable bonds is 7. The molecule has 0 saturated heterocycles. The van der Waals surface area contributed by atoms with Gasteiger partial charge in [-0.2, -0.15) is 5.10 Å². The Morgan fingerprint density at radius 2 is 1.67 bits per heavy atom. The fourth-order valence-electron chi connectivity index (χ4n) is 3.71. The summed E-state index contributed by atoms with van der Waals surface area (Å²) in [7, 11) is 0. The van der Waals surface area contributed by atoms with E-state index in [2.05, 4.69) is 15.5 Å². The molecule has 0 aliphatic carbocycles. The summed E-state index contributed by atoms with van der Waals surface area (Å²) in [6.07, 6.45) is 0. The van der Waals surface area contributed by atoms with Gasteiger partial charge in [-0.1, -0.05) is 60.3 Å². The Kier molecular flexibility index (Phi) is 5.84. The summed E-state index contributed by atoms with van der Waals surface area (Å²) in [5.74, 6) is 2.07. The third kappa shape index (κ3) is 4.53. The molecule has 0 bridgehead atoms. The van der Waals surface area contributed by atoms with Gasteiger partial charge in [0.15, 0.2) is 11.5 Å². The van der Waals surface area contributed by atoms with Crippen molar-refractivity contribution in [1.82, 2.24) is 20.0 Å². The fraction of sp³-hybridized carbons (Fsp3) is 0.0769. The first kappa shape index (κ1) is 21.9. The van der Waals surface area contributed by atoms with Gasteiger partial charge in [-0.05, 0) is 30.3 Å². The van der Waals surface area contributed by atoms with Crippen LogP contribution in [0.2, 0.25) is 0 Å². The van der Waals surface area contributed by atoms with E-state index in [1.807, 2.05) is 72.8 Å². The average Bonchev–Trinajstić information content (AvgIpc) is 3.68. The number of nitrogens with one attached hydrogen (secondary N) is 1. The molecule has 0 spiro atoms. The van der Waals surface area contributed by atoms with Crippen LogP contribution in [0.3, 0.4) is 0 Å². The van der Waals surface area contributed by atoms with Crippen molar-refractivity contribution in [3.05, 3.63) is 84.9 Å². The van der Waals surface area contributed by atoms with Crippen LogP contribution in [0.4, 0.5) is 5.82 Å². The lowest BCUT2D eigenvalue weighted by Gasteiger charge is -2.08. The third-order valence-electron chi connectivity index (χ3n) is 5.40. The summed E-state index contributed by atoms with van der Waals surface area (Å²) >= 11 is 1.16. The number of hydrogen-bond donors (Lipinski definition) is 1. The van der Waals surface area contributed by atoms with E-state index >= 15 is 0 Å². The van der Waals surface area contributed by atoms with Crippen molar-refractivity contribution in [2.75, 3.05) is 17.9 Å². The maximum atomic E-state index is 12.8. The van der Waals surface area contributed by atoms with Gasteiger partial charge in [0.2, 0.25) is 18.6 Å². The van der Waals surface area contributed by atoms with Crippen LogP contribution in [-0.2, 0) is 4.79 Å². The number of nitrogens with zero attached hydrogens (tertiary/aromatic N) is 4. The lowest BCUT2D eigenvalue weighted by atomic mass is 10.2. The first-order valence-corrected chi connectivity index (χ1v) is 12.1. The molecule has 0 atom stereocenters. The number of para-hydroxylation sites is 1. The molecule has 1 amide bonds. The molecule has 1 N–H and O–H groups in total. The highest BCUT2D eigenvalue weighted by Crippen LogP contribution is 2.36. The number of ether oxygens (including phenoxy) is 2. The second-order valence-electron chi connectivity index (χ2n) is 7.81. The van der Waals surface area contributed by atoms with Gasteiger partial charge in [0.1, 0.15) is 5.82 Å². The molecule has 9 nitrogen and oxygen atoms in total. The molecule has 2 aromatic heterocycles. The van der Waals surface area contributed by atoms with E-state index in [0.717, 1.165) is 28.7 Å². The molecule has 6 rings (SSSR count). The van der Waals surface area contributed by atoms with Gasteiger partial charge in [0.25, 0.3) is 5.22 Å². The molecule has 3 aromatic carbocycles. The minimum Gasteiger partial charge on any atom is -0.454 e. The van der Waals surface area contributed by atoms with Crippen molar-refractivity contribution < 1.29 is 18.7 Å². The monoisotopic (exact) mass is 497 g/mol. The highest BCUT2D eigenvalue weighted by atomic mass is 32.2. The molecule has 5 aromatic rings. The van der Waals surface area contributed by atoms with Crippen molar-refractivity contribution in [3.63, 3.8) is 0 Å². The van der Waals surface area contributed by atoms with Gasteiger partial charge in [-0.25, -0.2) is 4.68 Å². The van der Waals surface area contributed by atoms with Gasteiger partial charge in [0.05, 0.1) is 17.1 Å². The van der Waals surface area contributed by atoms with E-state index < -0.39 is 0 Å². The smallest absolute Gasteiger partial charge is 0.277 e. The zero-order chi connectivity index (χ0) is 24.3. The zero-order valence-corrected chi connectivity index (χ0v) is 19.6. The van der Waals surface area contributed by atoms with Crippen molar-refractivity contribution in [1.29, 1.82) is 0 Å². The minimum absolute atomic E-state index is 0.0867. The summed E-state index contributed by atoms with van der Waals surface area (Å²) in [5, 5.41) is 16.1. The summed E-state index contributed by atoms with van der Waals surface area (Å²) in [4.78, 5) is 12.8. The maximum Gasteiger partial charge on any atom is 0.277 e. The zero-order valence-electron chi connectivity index (χ0n) is 18.8. The maximum absolute atomic E-state index is 12.8. The topological polar surface area (TPSA) is 104 Å². The Morgan fingerprint density at radius 1 is 0.889 bits per heavy atom. The molecule has 0 unspecified atom stereocenters. The predicted octanol–water partition coefficient (Wildman–Crippen LogP) is 5.05. The lowest BCUT2D eigenvalue weighted by molar-refractivity contribution is -0.113. The summed E-state index contributed by atoms with van der Waals surface area (Å²) in [6, 6.07) is 26.7. The van der Waals surface area contributed by atoms with Crippen LogP contribution in [0.1, 0.15) is 0 Å². The summed E-state index contributed by atoms with van der Waals surface area (Å²) in [6.45, 7) is 0.189. The molecule has 178 valence electrons. The van der Waals surface area contributed by atoms with Crippen molar-refractivity contribution in [2.45, 2.75) is 5.22 Å². The molecule has 1 aliphatic heterocycles. The first-order valence-electron chi connectivity index (χ1n) is 11.1. The molecule has 1 aliphatic rings. The van der Waals surface area contributed by atoms with Crippen molar-refractivity contribution >= 4 is 23.5 Å². The number of anilines is 1. The van der Waals surface area contributed by atoms with Gasteiger partial charge < -0.3 is 19.2 Å². The van der Waals surface area contributed by atoms with E-state index in [9.17, 15) is 4.79 Å². The van der Waals surface area contributed by atoms with Crippen LogP contribution >= 0.6 is 11.8 Å². The second-order valence-corrected chi connectivity index (χ2v) is 8.73. The largest absolute Gasteiger partial charge is 0.454 e. The predicted molar refractivity (Wildman–Crippen MR) is 134 cm³/mol. The highest BCUT2D eigenvalue weighted by molar-refractivity contribution is 7.99. The molecule has 0 radical (unpaired) electrons. The van der Waals surface area contributed by atoms with E-state index in [0.29, 0.717) is 34.0 Å². The van der Waals surface area contributed by atoms with E-state index in [-0.39, 0.29) is 18.5 Å². The molecule has 3 heterocycles. The number of aromatic nitrogens is 4. The number of fused-ring (bicyclic) bond motifs is 1.